The Morgan fingerprint density at radius 1 is 1.09 bits per heavy atom. The van der Waals surface area contributed by atoms with Gasteiger partial charge in [0.1, 0.15) is 17.1 Å². The molecule has 0 radical (unpaired) electrons. The predicted octanol–water partition coefficient (Wildman–Crippen LogP) is 3.61. The van der Waals surface area contributed by atoms with Gasteiger partial charge in [-0.05, 0) is 48.7 Å². The van der Waals surface area contributed by atoms with Crippen molar-refractivity contribution >= 4 is 5.91 Å². The van der Waals surface area contributed by atoms with E-state index in [4.69, 9.17) is 14.2 Å². The highest BCUT2D eigenvalue weighted by Crippen LogP contribution is 2.46. The number of ether oxygens (including phenoxy) is 3. The van der Waals surface area contributed by atoms with E-state index in [0.29, 0.717) is 41.6 Å². The molecule has 0 bridgehead atoms. The summed E-state index contributed by atoms with van der Waals surface area (Å²) in [5, 5.41) is 18.2. The molecule has 1 aromatic heterocycles. The number of aryl methyl sites for hydroxylation is 2. The SMILES string of the molecule is COCCN1C(=O)c2[nH]nc(-c3cc(C)cc(C)c3O)c2C1c1ccc(OC)c(OC)c1. The quantitative estimate of drug-likeness (QED) is 0.586. The van der Waals surface area contributed by atoms with Crippen LogP contribution in [0.2, 0.25) is 0 Å². The number of rotatable bonds is 7. The van der Waals surface area contributed by atoms with Gasteiger partial charge in [-0.15, -0.1) is 0 Å². The molecule has 2 N–H and O–H groups in total. The number of phenolic OH excluding ortho intramolecular Hbond substituents is 1. The Kier molecular flexibility index (Phi) is 5.80. The molecule has 1 aliphatic rings. The standard InChI is InChI=1S/C24H27N3O5/c1-13-10-14(2)23(28)16(11-13)20-19-21(26-25-20)24(29)27(8-9-30-3)22(19)15-6-7-17(31-4)18(12-15)32-5/h6-7,10-12,22,28H,8-9H2,1-5H3,(H,25,26). The van der Waals surface area contributed by atoms with Crippen LogP contribution in [-0.4, -0.2) is 60.6 Å². The van der Waals surface area contributed by atoms with Gasteiger partial charge in [0.15, 0.2) is 11.5 Å². The Balaban J connectivity index is 1.92. The maximum absolute atomic E-state index is 13.3. The van der Waals surface area contributed by atoms with E-state index in [9.17, 15) is 9.90 Å². The van der Waals surface area contributed by atoms with Gasteiger partial charge < -0.3 is 24.2 Å². The largest absolute Gasteiger partial charge is 0.507 e. The van der Waals surface area contributed by atoms with Gasteiger partial charge in [-0.3, -0.25) is 9.89 Å². The van der Waals surface area contributed by atoms with E-state index in [0.717, 1.165) is 22.3 Å². The number of amides is 1. The van der Waals surface area contributed by atoms with Crippen LogP contribution in [-0.2, 0) is 4.74 Å². The number of methoxy groups -OCH3 is 3. The molecule has 3 aromatic rings. The van der Waals surface area contributed by atoms with E-state index in [2.05, 4.69) is 10.2 Å². The number of benzene rings is 2. The number of aromatic hydroxyl groups is 1. The first-order valence-corrected chi connectivity index (χ1v) is 10.3. The molecule has 0 saturated carbocycles. The third-order valence-electron chi connectivity index (χ3n) is 5.82. The Bertz CT molecular complexity index is 1170. The first-order chi connectivity index (χ1) is 15.4. The lowest BCUT2D eigenvalue weighted by Gasteiger charge is -2.26. The maximum atomic E-state index is 13.3. The summed E-state index contributed by atoms with van der Waals surface area (Å²) in [4.78, 5) is 15.1. The number of nitrogens with zero attached hydrogens (tertiary/aromatic N) is 2. The molecule has 1 aliphatic heterocycles. The number of hydrogen-bond donors (Lipinski definition) is 2. The lowest BCUT2D eigenvalue weighted by Crippen LogP contribution is -2.32. The summed E-state index contributed by atoms with van der Waals surface area (Å²) < 4.78 is 16.1. The average molecular weight is 437 g/mol. The summed E-state index contributed by atoms with van der Waals surface area (Å²) in [6.45, 7) is 4.60. The van der Waals surface area contributed by atoms with Crippen LogP contribution in [0.5, 0.6) is 17.2 Å². The first kappa shape index (κ1) is 21.7. The molecule has 0 saturated heterocycles. The van der Waals surface area contributed by atoms with Crippen molar-refractivity contribution < 1.29 is 24.1 Å². The zero-order valence-electron chi connectivity index (χ0n) is 18.9. The molecule has 8 nitrogen and oxygen atoms in total. The maximum Gasteiger partial charge on any atom is 0.273 e. The van der Waals surface area contributed by atoms with Gasteiger partial charge in [0.05, 0.1) is 26.9 Å². The highest BCUT2D eigenvalue weighted by molar-refractivity contribution is 6.00. The predicted molar refractivity (Wildman–Crippen MR) is 119 cm³/mol. The molecule has 8 heteroatoms. The van der Waals surface area contributed by atoms with Gasteiger partial charge in [0, 0.05) is 24.8 Å². The van der Waals surface area contributed by atoms with Crippen LogP contribution < -0.4 is 9.47 Å². The fraction of sp³-hybridized carbons (Fsp3) is 0.333. The summed E-state index contributed by atoms with van der Waals surface area (Å²) in [5.41, 5.74) is 4.87. The molecule has 1 atom stereocenters. The molecule has 1 unspecified atom stereocenters. The van der Waals surface area contributed by atoms with E-state index in [1.54, 1.807) is 26.2 Å². The van der Waals surface area contributed by atoms with Crippen LogP contribution in [0, 0.1) is 13.8 Å². The Morgan fingerprint density at radius 2 is 1.84 bits per heavy atom. The number of H-pyrrole nitrogens is 1. The van der Waals surface area contributed by atoms with E-state index < -0.39 is 6.04 Å². The monoisotopic (exact) mass is 437 g/mol. The number of carbonyl (C=O) groups excluding carboxylic acids is 1. The second-order valence-electron chi connectivity index (χ2n) is 7.85. The van der Waals surface area contributed by atoms with E-state index in [1.165, 1.54) is 0 Å². The fourth-order valence-corrected chi connectivity index (χ4v) is 4.33. The van der Waals surface area contributed by atoms with E-state index in [1.807, 2.05) is 44.2 Å². The van der Waals surface area contributed by atoms with Crippen molar-refractivity contribution in [2.45, 2.75) is 19.9 Å². The molecule has 0 spiro atoms. The van der Waals surface area contributed by atoms with Crippen LogP contribution in [0.25, 0.3) is 11.3 Å². The van der Waals surface area contributed by atoms with Crippen LogP contribution >= 0.6 is 0 Å². The highest BCUT2D eigenvalue weighted by atomic mass is 16.5. The second kappa shape index (κ2) is 8.55. The van der Waals surface area contributed by atoms with Crippen molar-refractivity contribution in [1.29, 1.82) is 0 Å². The van der Waals surface area contributed by atoms with Crippen molar-refractivity contribution in [3.05, 3.63) is 58.3 Å². The molecule has 2 heterocycles. The van der Waals surface area contributed by atoms with Crippen LogP contribution in [0.3, 0.4) is 0 Å². The van der Waals surface area contributed by atoms with Crippen LogP contribution in [0.4, 0.5) is 0 Å². The van der Waals surface area contributed by atoms with E-state index in [-0.39, 0.29) is 11.7 Å². The second-order valence-corrected chi connectivity index (χ2v) is 7.85. The third-order valence-corrected chi connectivity index (χ3v) is 5.82. The molecule has 2 aromatic carbocycles. The number of phenols is 1. The van der Waals surface area contributed by atoms with Crippen molar-refractivity contribution in [3.8, 4) is 28.5 Å². The number of hydrogen-bond acceptors (Lipinski definition) is 6. The number of aromatic amines is 1. The van der Waals surface area contributed by atoms with Gasteiger partial charge in [0.25, 0.3) is 5.91 Å². The summed E-state index contributed by atoms with van der Waals surface area (Å²) in [5.74, 6) is 1.15. The number of carbonyl (C=O) groups is 1. The Hall–Kier alpha value is -3.52. The number of aromatic nitrogens is 2. The summed E-state index contributed by atoms with van der Waals surface area (Å²) >= 11 is 0. The van der Waals surface area contributed by atoms with Crippen LogP contribution in [0.1, 0.15) is 38.8 Å². The van der Waals surface area contributed by atoms with Crippen molar-refractivity contribution in [1.82, 2.24) is 15.1 Å². The Morgan fingerprint density at radius 3 is 2.53 bits per heavy atom. The van der Waals surface area contributed by atoms with Gasteiger partial charge in [-0.1, -0.05) is 12.1 Å². The number of fused-ring (bicyclic) bond motifs is 1. The zero-order valence-corrected chi connectivity index (χ0v) is 18.9. The molecular weight excluding hydrogens is 410 g/mol. The minimum Gasteiger partial charge on any atom is -0.507 e. The summed E-state index contributed by atoms with van der Waals surface area (Å²) in [6.07, 6.45) is 0. The average Bonchev–Trinajstić information content (AvgIpc) is 3.33. The minimum absolute atomic E-state index is 0.152. The summed E-state index contributed by atoms with van der Waals surface area (Å²) in [7, 11) is 4.76. The molecule has 4 rings (SSSR count). The lowest BCUT2D eigenvalue weighted by atomic mass is 9.94. The molecular formula is C24H27N3O5. The molecule has 0 aliphatic carbocycles. The minimum atomic E-state index is -0.429. The Labute approximate surface area is 186 Å². The molecule has 168 valence electrons. The normalized spacial score (nSPS) is 15.2. The highest BCUT2D eigenvalue weighted by Gasteiger charge is 2.42. The third kappa shape index (κ3) is 3.46. The van der Waals surface area contributed by atoms with Gasteiger partial charge in [0.2, 0.25) is 0 Å². The van der Waals surface area contributed by atoms with Gasteiger partial charge in [-0.2, -0.15) is 5.10 Å². The van der Waals surface area contributed by atoms with E-state index >= 15 is 0 Å². The van der Waals surface area contributed by atoms with Crippen molar-refractivity contribution in [2.24, 2.45) is 0 Å². The molecule has 1 amide bonds. The zero-order chi connectivity index (χ0) is 23.0. The molecule has 0 fully saturated rings. The topological polar surface area (TPSA) is 96.9 Å². The lowest BCUT2D eigenvalue weighted by molar-refractivity contribution is 0.0677. The fourth-order valence-electron chi connectivity index (χ4n) is 4.33. The molecule has 32 heavy (non-hydrogen) atoms. The van der Waals surface area contributed by atoms with Gasteiger partial charge >= 0.3 is 0 Å². The first-order valence-electron chi connectivity index (χ1n) is 10.3. The van der Waals surface area contributed by atoms with Crippen molar-refractivity contribution in [2.75, 3.05) is 34.5 Å². The number of nitrogens with one attached hydrogen (secondary N) is 1. The van der Waals surface area contributed by atoms with Crippen LogP contribution in [0.15, 0.2) is 30.3 Å². The van der Waals surface area contributed by atoms with Gasteiger partial charge in [-0.25, -0.2) is 0 Å². The van der Waals surface area contributed by atoms with Crippen molar-refractivity contribution in [3.63, 3.8) is 0 Å². The summed E-state index contributed by atoms with van der Waals surface area (Å²) in [6, 6.07) is 8.96. The smallest absolute Gasteiger partial charge is 0.273 e.